The second-order valence-corrected chi connectivity index (χ2v) is 6.17. The number of anilines is 1. The van der Waals surface area contributed by atoms with Crippen LogP contribution in [0.1, 0.15) is 34.5 Å². The number of hydrogen-bond acceptors (Lipinski definition) is 1. The quantitative estimate of drug-likeness (QED) is 0.888. The van der Waals surface area contributed by atoms with E-state index in [2.05, 4.69) is 27.3 Å². The first-order chi connectivity index (χ1) is 9.65. The topological polar surface area (TPSA) is 34.0 Å². The van der Waals surface area contributed by atoms with Gasteiger partial charge in [0.05, 0.1) is 0 Å². The molecule has 3 rings (SSSR count). The lowest BCUT2D eigenvalue weighted by Gasteiger charge is -2.19. The number of hydrogen-bond donors (Lipinski definition) is 1. The van der Waals surface area contributed by atoms with E-state index in [1.807, 2.05) is 36.0 Å². The van der Waals surface area contributed by atoms with E-state index in [0.29, 0.717) is 5.69 Å². The minimum atomic E-state index is -0.0582. The molecule has 0 atom stereocenters. The first-order valence-electron chi connectivity index (χ1n) is 6.89. The highest BCUT2D eigenvalue weighted by Crippen LogP contribution is 2.28. The van der Waals surface area contributed by atoms with Gasteiger partial charge in [-0.1, -0.05) is 12.1 Å². The molecule has 4 heteroatoms. The Balaban J connectivity index is 1.88. The number of carbonyl (C=O) groups excluding carboxylic acids is 1. The third-order valence-corrected chi connectivity index (χ3v) is 4.28. The van der Waals surface area contributed by atoms with Gasteiger partial charge in [-0.25, -0.2) is 0 Å². The Bertz CT molecular complexity index is 660. The van der Waals surface area contributed by atoms with Crippen LogP contribution < -0.4 is 5.32 Å². The third kappa shape index (κ3) is 2.52. The van der Waals surface area contributed by atoms with E-state index >= 15 is 0 Å². The molecular weight excluding hydrogens is 316 g/mol. The zero-order valence-electron chi connectivity index (χ0n) is 11.4. The largest absolute Gasteiger partial charge is 0.345 e. The molecule has 1 aliphatic carbocycles. The molecule has 0 aliphatic heterocycles. The molecule has 1 aliphatic rings. The molecule has 0 unspecified atom stereocenters. The molecule has 1 heterocycles. The summed E-state index contributed by atoms with van der Waals surface area (Å²) in [5.74, 6) is -0.0582. The second-order valence-electron chi connectivity index (χ2n) is 5.26. The fourth-order valence-corrected chi connectivity index (χ4v) is 3.36. The van der Waals surface area contributed by atoms with Gasteiger partial charge < -0.3 is 9.88 Å². The lowest BCUT2D eigenvalue weighted by Crippen LogP contribution is -2.17. The van der Waals surface area contributed by atoms with E-state index in [1.54, 1.807) is 0 Å². The average molecular weight is 333 g/mol. The molecule has 0 bridgehead atoms. The molecule has 0 radical (unpaired) electrons. The first-order valence-corrected chi connectivity index (χ1v) is 7.68. The third-order valence-electron chi connectivity index (χ3n) is 3.85. The summed E-state index contributed by atoms with van der Waals surface area (Å²) in [6, 6.07) is 8.04. The van der Waals surface area contributed by atoms with Crippen molar-refractivity contribution in [1.82, 2.24) is 4.57 Å². The summed E-state index contributed by atoms with van der Waals surface area (Å²) in [6.45, 7) is 0. The van der Waals surface area contributed by atoms with E-state index in [9.17, 15) is 4.79 Å². The van der Waals surface area contributed by atoms with Crippen LogP contribution in [0, 0.1) is 0 Å². The normalized spacial score (nSPS) is 13.9. The van der Waals surface area contributed by atoms with Gasteiger partial charge in [0.25, 0.3) is 5.91 Å². The van der Waals surface area contributed by atoms with Gasteiger partial charge in [-0.3, -0.25) is 4.79 Å². The summed E-state index contributed by atoms with van der Waals surface area (Å²) in [5.41, 5.74) is 4.30. The Morgan fingerprint density at radius 3 is 2.85 bits per heavy atom. The summed E-state index contributed by atoms with van der Waals surface area (Å²) in [7, 11) is 1.88. The molecule has 1 N–H and O–H groups in total. The number of rotatable bonds is 2. The molecule has 0 saturated carbocycles. The number of aryl methyl sites for hydroxylation is 2. The lowest BCUT2D eigenvalue weighted by atomic mass is 9.90. The summed E-state index contributed by atoms with van der Waals surface area (Å²) >= 11 is 3.40. The van der Waals surface area contributed by atoms with Crippen molar-refractivity contribution < 1.29 is 4.79 Å². The maximum atomic E-state index is 12.4. The molecule has 0 spiro atoms. The predicted molar refractivity (Wildman–Crippen MR) is 84.2 cm³/mol. The Kier molecular flexibility index (Phi) is 3.66. The lowest BCUT2D eigenvalue weighted by molar-refractivity contribution is 0.101. The van der Waals surface area contributed by atoms with E-state index in [1.165, 1.54) is 24.0 Å². The molecule has 1 amide bonds. The molecule has 0 fully saturated rings. The molecule has 1 aromatic carbocycles. The van der Waals surface area contributed by atoms with Crippen molar-refractivity contribution in [3.63, 3.8) is 0 Å². The number of amides is 1. The van der Waals surface area contributed by atoms with Gasteiger partial charge in [-0.15, -0.1) is 0 Å². The Morgan fingerprint density at radius 1 is 1.30 bits per heavy atom. The van der Waals surface area contributed by atoms with Crippen molar-refractivity contribution in [3.8, 4) is 0 Å². The number of nitrogens with zero attached hydrogens (tertiary/aromatic N) is 1. The fourth-order valence-electron chi connectivity index (χ4n) is 2.83. The minimum Gasteiger partial charge on any atom is -0.345 e. The summed E-state index contributed by atoms with van der Waals surface area (Å²) in [5, 5.41) is 3.06. The minimum absolute atomic E-state index is 0.0582. The Hall–Kier alpha value is -1.55. The van der Waals surface area contributed by atoms with Gasteiger partial charge in [-0.2, -0.15) is 0 Å². The molecule has 0 saturated heterocycles. The Labute approximate surface area is 127 Å². The zero-order chi connectivity index (χ0) is 14.1. The highest BCUT2D eigenvalue weighted by atomic mass is 79.9. The first kappa shape index (κ1) is 13.4. The monoisotopic (exact) mass is 332 g/mol. The van der Waals surface area contributed by atoms with E-state index < -0.39 is 0 Å². The summed E-state index contributed by atoms with van der Waals surface area (Å²) in [6.07, 6.45) is 6.51. The van der Waals surface area contributed by atoms with Crippen molar-refractivity contribution in [2.75, 3.05) is 5.32 Å². The smallest absolute Gasteiger partial charge is 0.272 e. The van der Waals surface area contributed by atoms with Crippen molar-refractivity contribution in [2.45, 2.75) is 25.7 Å². The van der Waals surface area contributed by atoms with Gasteiger partial charge in [0.15, 0.2) is 0 Å². The number of nitrogens with one attached hydrogen (secondary N) is 1. The number of carbonyl (C=O) groups is 1. The highest BCUT2D eigenvalue weighted by molar-refractivity contribution is 9.10. The maximum absolute atomic E-state index is 12.4. The van der Waals surface area contributed by atoms with Crippen LogP contribution in [0.4, 0.5) is 5.69 Å². The van der Waals surface area contributed by atoms with Crippen LogP contribution in [0.3, 0.4) is 0 Å². The van der Waals surface area contributed by atoms with Crippen LogP contribution in [-0.4, -0.2) is 10.5 Å². The second kappa shape index (κ2) is 5.44. The summed E-state index contributed by atoms with van der Waals surface area (Å²) in [4.78, 5) is 12.4. The molecular formula is C16H17BrN2O. The van der Waals surface area contributed by atoms with Gasteiger partial charge in [0.2, 0.25) is 0 Å². The fraction of sp³-hybridized carbons (Fsp3) is 0.312. The van der Waals surface area contributed by atoms with Gasteiger partial charge >= 0.3 is 0 Å². The maximum Gasteiger partial charge on any atom is 0.272 e. The van der Waals surface area contributed by atoms with Crippen molar-refractivity contribution in [1.29, 1.82) is 0 Å². The number of halogens is 1. The SMILES string of the molecule is Cn1cc(Br)cc1C(=O)Nc1cccc2c1CCCC2. The number of benzene rings is 1. The number of aromatic nitrogens is 1. The molecule has 2 aromatic rings. The van der Waals surface area contributed by atoms with Gasteiger partial charge in [0.1, 0.15) is 5.69 Å². The van der Waals surface area contributed by atoms with Gasteiger partial charge in [0, 0.05) is 23.4 Å². The van der Waals surface area contributed by atoms with E-state index in [-0.39, 0.29) is 5.91 Å². The van der Waals surface area contributed by atoms with E-state index in [0.717, 1.165) is 23.0 Å². The zero-order valence-corrected chi connectivity index (χ0v) is 13.0. The van der Waals surface area contributed by atoms with Crippen LogP contribution in [0.2, 0.25) is 0 Å². The highest BCUT2D eigenvalue weighted by Gasteiger charge is 2.16. The summed E-state index contributed by atoms with van der Waals surface area (Å²) < 4.78 is 2.75. The number of fused-ring (bicyclic) bond motifs is 1. The van der Waals surface area contributed by atoms with Crippen LogP contribution >= 0.6 is 15.9 Å². The predicted octanol–water partition coefficient (Wildman–Crippen LogP) is 3.92. The average Bonchev–Trinajstić information content (AvgIpc) is 2.78. The van der Waals surface area contributed by atoms with E-state index in [4.69, 9.17) is 0 Å². The van der Waals surface area contributed by atoms with Crippen LogP contribution in [0.5, 0.6) is 0 Å². The van der Waals surface area contributed by atoms with Crippen molar-refractivity contribution >= 4 is 27.5 Å². The Morgan fingerprint density at radius 2 is 2.10 bits per heavy atom. The van der Waals surface area contributed by atoms with Crippen molar-refractivity contribution in [2.24, 2.45) is 7.05 Å². The van der Waals surface area contributed by atoms with Gasteiger partial charge in [-0.05, 0) is 64.9 Å². The molecule has 104 valence electrons. The van der Waals surface area contributed by atoms with Crippen molar-refractivity contribution in [3.05, 3.63) is 51.8 Å². The van der Waals surface area contributed by atoms with Crippen LogP contribution in [0.15, 0.2) is 34.9 Å². The van der Waals surface area contributed by atoms with Crippen LogP contribution in [0.25, 0.3) is 0 Å². The standard InChI is InChI=1S/C16H17BrN2O/c1-19-10-12(17)9-15(19)16(20)18-14-8-4-6-11-5-2-3-7-13(11)14/h4,6,8-10H,2-3,5,7H2,1H3,(H,18,20). The molecule has 1 aromatic heterocycles. The van der Waals surface area contributed by atoms with Crippen LogP contribution in [-0.2, 0) is 19.9 Å². The molecule has 20 heavy (non-hydrogen) atoms. The molecule has 3 nitrogen and oxygen atoms in total.